The number of amides is 2. The lowest BCUT2D eigenvalue weighted by Crippen LogP contribution is -2.26. The van der Waals surface area contributed by atoms with E-state index in [4.69, 9.17) is 4.42 Å². The van der Waals surface area contributed by atoms with Gasteiger partial charge in [-0.1, -0.05) is 18.2 Å². The Kier molecular flexibility index (Phi) is 5.90. The van der Waals surface area contributed by atoms with E-state index in [1.165, 1.54) is 11.3 Å². The van der Waals surface area contributed by atoms with E-state index in [0.717, 1.165) is 24.9 Å². The normalized spacial score (nSPS) is 12.9. The van der Waals surface area contributed by atoms with Crippen molar-refractivity contribution in [2.75, 3.05) is 23.8 Å². The monoisotopic (exact) mass is 467 g/mol. The van der Waals surface area contributed by atoms with Gasteiger partial charge in [0.25, 0.3) is 11.8 Å². The second-order valence-corrected chi connectivity index (χ2v) is 8.09. The van der Waals surface area contributed by atoms with Crippen LogP contribution >= 0.6 is 15.9 Å². The van der Waals surface area contributed by atoms with Crippen LogP contribution in [0.4, 0.5) is 11.4 Å². The molecule has 0 unspecified atom stereocenters. The molecule has 0 aliphatic carbocycles. The third-order valence-corrected chi connectivity index (χ3v) is 5.55. The quantitative estimate of drug-likeness (QED) is 0.574. The van der Waals surface area contributed by atoms with Crippen LogP contribution in [0.1, 0.15) is 38.5 Å². The Morgan fingerprint density at radius 2 is 1.97 bits per heavy atom. The molecule has 30 heavy (non-hydrogen) atoms. The number of aryl methyl sites for hydroxylation is 1. The molecule has 2 heterocycles. The molecule has 1 aromatic heterocycles. The molecule has 0 bridgehead atoms. The minimum Gasteiger partial charge on any atom is -0.444 e. The number of halogens is 1. The molecule has 0 saturated heterocycles. The first kappa shape index (κ1) is 20.2. The maximum Gasteiger partial charge on any atom is 0.291 e. The molecule has 2 N–H and O–H groups in total. The summed E-state index contributed by atoms with van der Waals surface area (Å²) in [4.78, 5) is 27.1. The van der Waals surface area contributed by atoms with Crippen LogP contribution in [0.5, 0.6) is 0 Å². The van der Waals surface area contributed by atoms with E-state index < -0.39 is 0 Å². The lowest BCUT2D eigenvalue weighted by molar-refractivity contribution is 0.0949. The van der Waals surface area contributed by atoms with Gasteiger partial charge in [0.05, 0.1) is 0 Å². The van der Waals surface area contributed by atoms with Gasteiger partial charge in [0.2, 0.25) is 0 Å². The van der Waals surface area contributed by atoms with Crippen molar-refractivity contribution in [2.45, 2.75) is 19.4 Å². The zero-order valence-corrected chi connectivity index (χ0v) is 18.2. The zero-order valence-electron chi connectivity index (χ0n) is 16.6. The van der Waals surface area contributed by atoms with Gasteiger partial charge in [-0.2, -0.15) is 0 Å². The number of nitrogens with zero attached hydrogens (tertiary/aromatic N) is 1. The fourth-order valence-corrected chi connectivity index (χ4v) is 3.91. The summed E-state index contributed by atoms with van der Waals surface area (Å²) in [5.41, 5.74) is 4.67. The van der Waals surface area contributed by atoms with Gasteiger partial charge in [0.1, 0.15) is 0 Å². The molecule has 0 fully saturated rings. The Labute approximate surface area is 183 Å². The molecule has 4 rings (SSSR count). The highest BCUT2D eigenvalue weighted by Gasteiger charge is 2.15. The molecule has 3 aromatic rings. The Balaban J connectivity index is 1.39. The largest absolute Gasteiger partial charge is 0.444 e. The molecule has 1 aliphatic heterocycles. The Morgan fingerprint density at radius 1 is 1.10 bits per heavy atom. The number of hydrogen-bond donors (Lipinski definition) is 2. The molecular formula is C23H22BrN3O3. The molecule has 6 nitrogen and oxygen atoms in total. The van der Waals surface area contributed by atoms with E-state index in [-0.39, 0.29) is 17.6 Å². The Hall–Kier alpha value is -3.06. The summed E-state index contributed by atoms with van der Waals surface area (Å²) in [6.07, 6.45) is 2.21. The molecular weight excluding hydrogens is 446 g/mol. The van der Waals surface area contributed by atoms with Crippen molar-refractivity contribution in [3.05, 3.63) is 81.7 Å². The fourth-order valence-electron chi connectivity index (χ4n) is 3.60. The fraction of sp³-hybridized carbons (Fsp3) is 0.217. The van der Waals surface area contributed by atoms with Crippen LogP contribution in [0, 0.1) is 0 Å². The summed E-state index contributed by atoms with van der Waals surface area (Å²) in [5, 5.41) is 5.70. The van der Waals surface area contributed by atoms with E-state index in [1.807, 2.05) is 0 Å². The number of fused-ring (bicyclic) bond motifs is 1. The number of benzene rings is 2. The number of hydrogen-bond acceptors (Lipinski definition) is 4. The lowest BCUT2D eigenvalue weighted by Gasteiger charge is -2.27. The van der Waals surface area contributed by atoms with Gasteiger partial charge in [-0.3, -0.25) is 9.59 Å². The van der Waals surface area contributed by atoms with Gasteiger partial charge in [-0.05, 0) is 76.3 Å². The number of carbonyl (C=O) groups excluding carboxylic acids is 2. The average Bonchev–Trinajstić information content (AvgIpc) is 3.19. The molecule has 2 amide bonds. The zero-order chi connectivity index (χ0) is 21.1. The van der Waals surface area contributed by atoms with Gasteiger partial charge in [0.15, 0.2) is 10.4 Å². The second kappa shape index (κ2) is 8.75. The summed E-state index contributed by atoms with van der Waals surface area (Å²) >= 11 is 3.17. The summed E-state index contributed by atoms with van der Waals surface area (Å²) in [6.45, 7) is 1.53. The lowest BCUT2D eigenvalue weighted by atomic mass is 9.99. The molecule has 0 radical (unpaired) electrons. The summed E-state index contributed by atoms with van der Waals surface area (Å²) < 4.78 is 5.73. The van der Waals surface area contributed by atoms with E-state index >= 15 is 0 Å². The van der Waals surface area contributed by atoms with Crippen molar-refractivity contribution >= 4 is 39.1 Å². The maximum atomic E-state index is 12.6. The number of carbonyl (C=O) groups is 2. The minimum atomic E-state index is -0.378. The number of furan rings is 1. The van der Waals surface area contributed by atoms with Gasteiger partial charge in [-0.15, -0.1) is 0 Å². The van der Waals surface area contributed by atoms with Crippen molar-refractivity contribution in [3.8, 4) is 0 Å². The van der Waals surface area contributed by atoms with Crippen LogP contribution in [0.15, 0.2) is 63.7 Å². The number of nitrogens with one attached hydrogen (secondary N) is 2. The van der Waals surface area contributed by atoms with E-state index in [9.17, 15) is 9.59 Å². The Morgan fingerprint density at radius 3 is 2.77 bits per heavy atom. The molecule has 0 atom stereocenters. The smallest absolute Gasteiger partial charge is 0.291 e. The standard InChI is InChI=1S/C23H22BrN3O3/c1-27-11-3-5-16-12-15(7-8-19(16)27)14-25-22(28)17-4-2-6-18(13-17)26-23(29)20-9-10-21(24)30-20/h2,4,6-10,12-13H,3,5,11,14H2,1H3,(H,25,28)(H,26,29). The summed E-state index contributed by atoms with van der Waals surface area (Å²) in [6, 6.07) is 16.4. The van der Waals surface area contributed by atoms with Gasteiger partial charge in [-0.25, -0.2) is 0 Å². The molecule has 0 saturated carbocycles. The van der Waals surface area contributed by atoms with Gasteiger partial charge in [0, 0.05) is 37.1 Å². The SMILES string of the molecule is CN1CCCc2cc(CNC(=O)c3cccc(NC(=O)c4ccc(Br)o4)c3)ccc21. The third kappa shape index (κ3) is 4.57. The van der Waals surface area contributed by atoms with E-state index in [0.29, 0.717) is 22.5 Å². The van der Waals surface area contributed by atoms with Gasteiger partial charge >= 0.3 is 0 Å². The highest BCUT2D eigenvalue weighted by atomic mass is 79.9. The highest BCUT2D eigenvalue weighted by molar-refractivity contribution is 9.10. The predicted octanol–water partition coefficient (Wildman–Crippen LogP) is 4.61. The Bertz CT molecular complexity index is 1090. The van der Waals surface area contributed by atoms with Crippen LogP contribution in [0.2, 0.25) is 0 Å². The van der Waals surface area contributed by atoms with Crippen LogP contribution in [0.3, 0.4) is 0 Å². The first-order valence-corrected chi connectivity index (χ1v) is 10.6. The van der Waals surface area contributed by atoms with Crippen molar-refractivity contribution < 1.29 is 14.0 Å². The molecule has 7 heteroatoms. The second-order valence-electron chi connectivity index (χ2n) is 7.31. The maximum absolute atomic E-state index is 12.6. The van der Waals surface area contributed by atoms with Crippen molar-refractivity contribution in [2.24, 2.45) is 0 Å². The van der Waals surface area contributed by atoms with Crippen LogP contribution < -0.4 is 15.5 Å². The summed E-state index contributed by atoms with van der Waals surface area (Å²) in [7, 11) is 2.11. The first-order valence-electron chi connectivity index (χ1n) is 9.77. The minimum absolute atomic E-state index is 0.190. The highest BCUT2D eigenvalue weighted by Crippen LogP contribution is 2.26. The molecule has 154 valence electrons. The van der Waals surface area contributed by atoms with Crippen LogP contribution in [0.25, 0.3) is 0 Å². The van der Waals surface area contributed by atoms with E-state index in [2.05, 4.69) is 56.7 Å². The molecule has 0 spiro atoms. The predicted molar refractivity (Wildman–Crippen MR) is 120 cm³/mol. The number of rotatable bonds is 5. The van der Waals surface area contributed by atoms with Crippen molar-refractivity contribution in [1.82, 2.24) is 5.32 Å². The van der Waals surface area contributed by atoms with E-state index in [1.54, 1.807) is 36.4 Å². The average molecular weight is 468 g/mol. The first-order chi connectivity index (χ1) is 14.5. The van der Waals surface area contributed by atoms with Crippen molar-refractivity contribution in [3.63, 3.8) is 0 Å². The number of anilines is 2. The van der Waals surface area contributed by atoms with Crippen LogP contribution in [-0.4, -0.2) is 25.4 Å². The molecule has 1 aliphatic rings. The molecule has 2 aromatic carbocycles. The van der Waals surface area contributed by atoms with Gasteiger partial charge < -0.3 is 20.0 Å². The topological polar surface area (TPSA) is 74.6 Å². The third-order valence-electron chi connectivity index (χ3n) is 5.13. The van der Waals surface area contributed by atoms with Crippen molar-refractivity contribution in [1.29, 1.82) is 0 Å². The summed E-state index contributed by atoms with van der Waals surface area (Å²) in [5.74, 6) is -0.381. The van der Waals surface area contributed by atoms with Crippen LogP contribution in [-0.2, 0) is 13.0 Å².